The first-order valence-electron chi connectivity index (χ1n) is 7.30. The third-order valence-corrected chi connectivity index (χ3v) is 4.59. The average Bonchev–Trinajstić information content (AvgIpc) is 2.60. The summed E-state index contributed by atoms with van der Waals surface area (Å²) in [6.45, 7) is 1.78. The summed E-state index contributed by atoms with van der Waals surface area (Å²) in [6, 6.07) is 14.2. The van der Waals surface area contributed by atoms with Crippen molar-refractivity contribution in [3.63, 3.8) is 0 Å². The Labute approximate surface area is 144 Å². The Morgan fingerprint density at radius 3 is 2.62 bits per heavy atom. The maximum Gasteiger partial charge on any atom is 0.296 e. The summed E-state index contributed by atoms with van der Waals surface area (Å²) in [5.41, 5.74) is 1.10. The highest BCUT2D eigenvalue weighted by Gasteiger charge is 2.20. The van der Waals surface area contributed by atoms with Crippen LogP contribution in [0.1, 0.15) is 12.5 Å². The second-order valence-electron chi connectivity index (χ2n) is 5.07. The minimum absolute atomic E-state index is 0.165. The minimum atomic E-state index is -0.542. The van der Waals surface area contributed by atoms with Crippen LogP contribution in [0.5, 0.6) is 5.75 Å². The molecule has 24 heavy (non-hydrogen) atoms. The van der Waals surface area contributed by atoms with Crippen LogP contribution in [-0.2, 0) is 10.5 Å². The standard InChI is InChI=1S/C17H18N2O4S/c1-12(24-11-13-6-4-3-5-7-13)17(20)18-15-9-8-14(23-2)10-16(15)19(21)22/h3-10,12H,11H2,1-2H3,(H,18,20)/t12-/m1/s1. The van der Waals surface area contributed by atoms with Gasteiger partial charge in [0.05, 0.1) is 23.3 Å². The van der Waals surface area contributed by atoms with Crippen LogP contribution in [0.15, 0.2) is 48.5 Å². The van der Waals surface area contributed by atoms with E-state index in [2.05, 4.69) is 5.32 Å². The molecule has 0 heterocycles. The lowest BCUT2D eigenvalue weighted by molar-refractivity contribution is -0.384. The zero-order valence-corrected chi connectivity index (χ0v) is 14.2. The molecule has 1 N–H and O–H groups in total. The molecule has 0 fully saturated rings. The van der Waals surface area contributed by atoms with Gasteiger partial charge in [-0.3, -0.25) is 14.9 Å². The Morgan fingerprint density at radius 1 is 1.29 bits per heavy atom. The molecule has 0 saturated carbocycles. The van der Waals surface area contributed by atoms with Gasteiger partial charge in [0.1, 0.15) is 11.4 Å². The molecule has 1 amide bonds. The number of rotatable bonds is 7. The zero-order chi connectivity index (χ0) is 17.5. The van der Waals surface area contributed by atoms with Gasteiger partial charge in [-0.25, -0.2) is 0 Å². The highest BCUT2D eigenvalue weighted by molar-refractivity contribution is 7.99. The Hall–Kier alpha value is -2.54. The fourth-order valence-electron chi connectivity index (χ4n) is 2.00. The Kier molecular flexibility index (Phi) is 6.20. The van der Waals surface area contributed by atoms with Gasteiger partial charge in [0, 0.05) is 5.75 Å². The van der Waals surface area contributed by atoms with Crippen LogP contribution in [0.2, 0.25) is 0 Å². The molecular weight excluding hydrogens is 328 g/mol. The zero-order valence-electron chi connectivity index (χ0n) is 13.4. The summed E-state index contributed by atoms with van der Waals surface area (Å²) < 4.78 is 4.98. The summed E-state index contributed by atoms with van der Waals surface area (Å²) in [7, 11) is 1.43. The lowest BCUT2D eigenvalue weighted by Crippen LogP contribution is -2.23. The van der Waals surface area contributed by atoms with Gasteiger partial charge in [0.25, 0.3) is 5.69 Å². The summed E-state index contributed by atoms with van der Waals surface area (Å²) in [5, 5.41) is 13.4. The van der Waals surface area contributed by atoms with E-state index in [9.17, 15) is 14.9 Å². The molecule has 2 aromatic rings. The van der Waals surface area contributed by atoms with Crippen molar-refractivity contribution in [2.45, 2.75) is 17.9 Å². The number of carbonyl (C=O) groups is 1. The van der Waals surface area contributed by atoms with Gasteiger partial charge in [-0.2, -0.15) is 0 Å². The maximum atomic E-state index is 12.3. The first-order chi connectivity index (χ1) is 11.5. The molecule has 0 aliphatic carbocycles. The van der Waals surface area contributed by atoms with Gasteiger partial charge in [-0.15, -0.1) is 11.8 Å². The van der Waals surface area contributed by atoms with E-state index in [0.717, 1.165) is 5.56 Å². The van der Waals surface area contributed by atoms with Crippen LogP contribution in [0.3, 0.4) is 0 Å². The summed E-state index contributed by atoms with van der Waals surface area (Å²) >= 11 is 1.47. The number of anilines is 1. The predicted molar refractivity (Wildman–Crippen MR) is 95.5 cm³/mol. The molecule has 2 aromatic carbocycles. The number of hydrogen-bond donors (Lipinski definition) is 1. The summed E-state index contributed by atoms with van der Waals surface area (Å²) in [6.07, 6.45) is 0. The molecule has 0 radical (unpaired) electrons. The van der Waals surface area contributed by atoms with E-state index < -0.39 is 4.92 Å². The number of nitrogens with zero attached hydrogens (tertiary/aromatic N) is 1. The molecule has 126 valence electrons. The van der Waals surface area contributed by atoms with Crippen molar-refractivity contribution in [2.75, 3.05) is 12.4 Å². The quantitative estimate of drug-likeness (QED) is 0.608. The number of nitrogens with one attached hydrogen (secondary N) is 1. The molecule has 0 bridgehead atoms. The summed E-state index contributed by atoms with van der Waals surface area (Å²) in [5.74, 6) is 0.788. The van der Waals surface area contributed by atoms with E-state index in [1.54, 1.807) is 13.0 Å². The molecular formula is C17H18N2O4S. The van der Waals surface area contributed by atoms with E-state index in [1.165, 1.54) is 31.0 Å². The fourth-order valence-corrected chi connectivity index (χ4v) is 2.85. The van der Waals surface area contributed by atoms with E-state index in [1.807, 2.05) is 30.3 Å². The third kappa shape index (κ3) is 4.73. The van der Waals surface area contributed by atoms with Crippen LogP contribution >= 0.6 is 11.8 Å². The number of thioether (sulfide) groups is 1. The Bertz CT molecular complexity index is 722. The number of ether oxygens (including phenoxy) is 1. The van der Waals surface area contributed by atoms with Crippen molar-refractivity contribution in [2.24, 2.45) is 0 Å². The van der Waals surface area contributed by atoms with E-state index in [0.29, 0.717) is 11.5 Å². The second-order valence-corrected chi connectivity index (χ2v) is 6.40. The smallest absolute Gasteiger partial charge is 0.296 e. The average molecular weight is 346 g/mol. The number of amides is 1. The highest BCUT2D eigenvalue weighted by Crippen LogP contribution is 2.29. The number of nitro benzene ring substituents is 1. The predicted octanol–water partition coefficient (Wildman–Crippen LogP) is 3.86. The van der Waals surface area contributed by atoms with E-state index >= 15 is 0 Å². The van der Waals surface area contributed by atoms with Gasteiger partial charge in [0.2, 0.25) is 5.91 Å². The molecule has 0 spiro atoms. The second kappa shape index (κ2) is 8.35. The minimum Gasteiger partial charge on any atom is -0.496 e. The Balaban J connectivity index is 2.02. The summed E-state index contributed by atoms with van der Waals surface area (Å²) in [4.78, 5) is 22.9. The Morgan fingerprint density at radius 2 is 2.00 bits per heavy atom. The van der Waals surface area contributed by atoms with Crippen molar-refractivity contribution in [3.8, 4) is 5.75 Å². The fraction of sp³-hybridized carbons (Fsp3) is 0.235. The van der Waals surface area contributed by atoms with Crippen LogP contribution in [-0.4, -0.2) is 23.2 Å². The van der Waals surface area contributed by atoms with Crippen molar-refractivity contribution in [1.29, 1.82) is 0 Å². The topological polar surface area (TPSA) is 81.5 Å². The van der Waals surface area contributed by atoms with Gasteiger partial charge >= 0.3 is 0 Å². The maximum absolute atomic E-state index is 12.3. The van der Waals surface area contributed by atoms with Crippen LogP contribution < -0.4 is 10.1 Å². The van der Waals surface area contributed by atoms with Crippen LogP contribution in [0.4, 0.5) is 11.4 Å². The monoisotopic (exact) mass is 346 g/mol. The van der Waals surface area contributed by atoms with Crippen molar-refractivity contribution >= 4 is 29.0 Å². The van der Waals surface area contributed by atoms with Gasteiger partial charge < -0.3 is 10.1 Å². The molecule has 0 saturated heterocycles. The molecule has 6 nitrogen and oxygen atoms in total. The number of hydrogen-bond acceptors (Lipinski definition) is 5. The number of methoxy groups -OCH3 is 1. The molecule has 0 aliphatic heterocycles. The molecule has 1 atom stereocenters. The first-order valence-corrected chi connectivity index (χ1v) is 8.35. The lowest BCUT2D eigenvalue weighted by atomic mass is 10.2. The molecule has 7 heteroatoms. The molecule has 2 rings (SSSR count). The number of benzene rings is 2. The van der Waals surface area contributed by atoms with Crippen LogP contribution in [0.25, 0.3) is 0 Å². The van der Waals surface area contributed by atoms with Gasteiger partial charge in [0.15, 0.2) is 0 Å². The van der Waals surface area contributed by atoms with Gasteiger partial charge in [-0.05, 0) is 24.6 Å². The molecule has 0 aliphatic rings. The largest absolute Gasteiger partial charge is 0.496 e. The lowest BCUT2D eigenvalue weighted by Gasteiger charge is -2.12. The SMILES string of the molecule is COc1ccc(NC(=O)[C@@H](C)SCc2ccccc2)c([N+](=O)[O-])c1. The van der Waals surface area contributed by atoms with Crippen molar-refractivity contribution in [3.05, 3.63) is 64.2 Å². The first kappa shape index (κ1) is 17.8. The van der Waals surface area contributed by atoms with Crippen molar-refractivity contribution < 1.29 is 14.5 Å². The molecule has 0 unspecified atom stereocenters. The van der Waals surface area contributed by atoms with Gasteiger partial charge in [-0.1, -0.05) is 30.3 Å². The number of carbonyl (C=O) groups excluding carboxylic acids is 1. The van der Waals surface area contributed by atoms with Crippen molar-refractivity contribution in [1.82, 2.24) is 0 Å². The highest BCUT2D eigenvalue weighted by atomic mass is 32.2. The number of nitro groups is 1. The normalized spacial score (nSPS) is 11.6. The van der Waals surface area contributed by atoms with E-state index in [4.69, 9.17) is 4.74 Å². The third-order valence-electron chi connectivity index (χ3n) is 3.37. The van der Waals surface area contributed by atoms with Crippen LogP contribution in [0, 0.1) is 10.1 Å². The molecule has 0 aromatic heterocycles. The van der Waals surface area contributed by atoms with E-state index in [-0.39, 0.29) is 22.5 Å².